The first-order valence-electron chi connectivity index (χ1n) is 10.3. The van der Waals surface area contributed by atoms with Gasteiger partial charge in [0.15, 0.2) is 5.82 Å². The molecular formula is C22H17F3N8OS. The summed E-state index contributed by atoms with van der Waals surface area (Å²) in [6.07, 6.45) is -0.622. The van der Waals surface area contributed by atoms with E-state index in [2.05, 4.69) is 25.1 Å². The minimum atomic E-state index is -4.49. The number of thiazole rings is 1. The van der Waals surface area contributed by atoms with Gasteiger partial charge in [-0.25, -0.2) is 9.97 Å². The van der Waals surface area contributed by atoms with Crippen LogP contribution < -0.4 is 5.73 Å². The summed E-state index contributed by atoms with van der Waals surface area (Å²) >= 11 is 1.38. The summed E-state index contributed by atoms with van der Waals surface area (Å²) < 4.78 is 40.5. The summed E-state index contributed by atoms with van der Waals surface area (Å²) in [6.45, 7) is 1.79. The van der Waals surface area contributed by atoms with E-state index in [1.165, 1.54) is 28.6 Å². The predicted molar refractivity (Wildman–Crippen MR) is 122 cm³/mol. The number of carbonyl (C=O) groups excluding carboxylic acids is 1. The molecule has 9 nitrogen and oxygen atoms in total. The van der Waals surface area contributed by atoms with Crippen molar-refractivity contribution in [1.82, 2.24) is 34.4 Å². The maximum atomic E-state index is 13.7. The van der Waals surface area contributed by atoms with E-state index in [0.29, 0.717) is 32.9 Å². The number of amides is 1. The van der Waals surface area contributed by atoms with Gasteiger partial charge in [0, 0.05) is 23.3 Å². The predicted octanol–water partition coefficient (Wildman–Crippen LogP) is 4.13. The molecule has 0 unspecified atom stereocenters. The Morgan fingerprint density at radius 3 is 2.74 bits per heavy atom. The van der Waals surface area contributed by atoms with Crippen LogP contribution in [0.4, 0.5) is 19.0 Å². The SMILES string of the molecule is C[C@H](c1nccs1)N(Cc1ccc(C(F)(F)F)cn1)C(=O)c1ccc2nc(N)c3nncn3c2c1. The van der Waals surface area contributed by atoms with E-state index in [4.69, 9.17) is 5.73 Å². The quantitative estimate of drug-likeness (QED) is 0.387. The maximum Gasteiger partial charge on any atom is 0.417 e. The van der Waals surface area contributed by atoms with Gasteiger partial charge in [0.2, 0.25) is 5.65 Å². The average molecular weight is 498 g/mol. The molecule has 0 aliphatic heterocycles. The Labute approximate surface area is 200 Å². The van der Waals surface area contributed by atoms with Gasteiger partial charge in [-0.3, -0.25) is 14.2 Å². The van der Waals surface area contributed by atoms with Crippen molar-refractivity contribution >= 4 is 39.7 Å². The fourth-order valence-corrected chi connectivity index (χ4v) is 4.40. The fourth-order valence-electron chi connectivity index (χ4n) is 3.69. The van der Waals surface area contributed by atoms with Crippen molar-refractivity contribution in [3.05, 3.63) is 76.3 Å². The highest BCUT2D eigenvalue weighted by Gasteiger charge is 2.31. The number of nitrogens with zero attached hydrogens (tertiary/aromatic N) is 7. The van der Waals surface area contributed by atoms with Crippen molar-refractivity contribution in [2.24, 2.45) is 0 Å². The van der Waals surface area contributed by atoms with Crippen LogP contribution in [0, 0.1) is 0 Å². The second kappa shape index (κ2) is 8.58. The van der Waals surface area contributed by atoms with Gasteiger partial charge < -0.3 is 10.6 Å². The summed E-state index contributed by atoms with van der Waals surface area (Å²) in [7, 11) is 0. The van der Waals surface area contributed by atoms with Gasteiger partial charge in [-0.05, 0) is 37.3 Å². The Morgan fingerprint density at radius 2 is 2.06 bits per heavy atom. The molecule has 5 aromatic rings. The van der Waals surface area contributed by atoms with Crippen LogP contribution in [-0.4, -0.2) is 40.4 Å². The molecule has 2 N–H and O–H groups in total. The number of halogens is 3. The van der Waals surface area contributed by atoms with Crippen molar-refractivity contribution in [3.63, 3.8) is 0 Å². The molecule has 1 atom stereocenters. The number of hydrogen-bond acceptors (Lipinski definition) is 8. The van der Waals surface area contributed by atoms with Crippen LogP contribution >= 0.6 is 11.3 Å². The van der Waals surface area contributed by atoms with Crippen LogP contribution in [-0.2, 0) is 12.7 Å². The summed E-state index contributed by atoms with van der Waals surface area (Å²) in [6, 6.07) is 6.71. The Balaban J connectivity index is 1.54. The van der Waals surface area contributed by atoms with E-state index in [9.17, 15) is 18.0 Å². The highest BCUT2D eigenvalue weighted by Crippen LogP contribution is 2.30. The molecule has 0 aliphatic rings. The molecule has 0 bridgehead atoms. The summed E-state index contributed by atoms with van der Waals surface area (Å²) in [5, 5.41) is 10.3. The van der Waals surface area contributed by atoms with E-state index in [1.807, 2.05) is 6.92 Å². The second-order valence-electron chi connectivity index (χ2n) is 7.74. The van der Waals surface area contributed by atoms with E-state index >= 15 is 0 Å². The Kier molecular flexibility index (Phi) is 5.55. The third-order valence-electron chi connectivity index (χ3n) is 5.52. The Morgan fingerprint density at radius 1 is 1.23 bits per heavy atom. The molecule has 1 aromatic carbocycles. The molecule has 178 valence electrons. The topological polar surface area (TPSA) is 115 Å². The molecule has 0 saturated carbocycles. The average Bonchev–Trinajstić information content (AvgIpc) is 3.54. The Hall–Kier alpha value is -4.13. The van der Waals surface area contributed by atoms with Gasteiger partial charge in [0.1, 0.15) is 11.3 Å². The van der Waals surface area contributed by atoms with Gasteiger partial charge in [0.25, 0.3) is 5.91 Å². The molecule has 0 radical (unpaired) electrons. The zero-order valence-corrected chi connectivity index (χ0v) is 19.0. The lowest BCUT2D eigenvalue weighted by Gasteiger charge is -2.28. The van der Waals surface area contributed by atoms with E-state index < -0.39 is 17.8 Å². The molecule has 35 heavy (non-hydrogen) atoms. The van der Waals surface area contributed by atoms with Crippen molar-refractivity contribution in [2.45, 2.75) is 25.7 Å². The molecule has 0 spiro atoms. The van der Waals surface area contributed by atoms with Crippen molar-refractivity contribution in [3.8, 4) is 0 Å². The monoisotopic (exact) mass is 498 g/mol. The number of benzene rings is 1. The van der Waals surface area contributed by atoms with Gasteiger partial charge >= 0.3 is 6.18 Å². The number of nitrogen functional groups attached to an aromatic ring is 1. The lowest BCUT2D eigenvalue weighted by atomic mass is 10.1. The summed E-state index contributed by atoms with van der Waals surface area (Å²) in [5.74, 6) is -0.143. The molecule has 5 rings (SSSR count). The second-order valence-corrected chi connectivity index (χ2v) is 8.67. The molecule has 1 amide bonds. The number of hydrogen-bond donors (Lipinski definition) is 1. The third-order valence-corrected chi connectivity index (χ3v) is 6.47. The normalized spacial score (nSPS) is 12.8. The van der Waals surface area contributed by atoms with Crippen molar-refractivity contribution in [1.29, 1.82) is 0 Å². The van der Waals surface area contributed by atoms with Crippen LogP contribution in [0.5, 0.6) is 0 Å². The fraction of sp³-hybridized carbons (Fsp3) is 0.182. The van der Waals surface area contributed by atoms with E-state index in [1.54, 1.807) is 34.2 Å². The number of anilines is 1. The minimum Gasteiger partial charge on any atom is -0.381 e. The molecule has 4 heterocycles. The largest absolute Gasteiger partial charge is 0.417 e. The van der Waals surface area contributed by atoms with Gasteiger partial charge in [-0.2, -0.15) is 13.2 Å². The summed E-state index contributed by atoms with van der Waals surface area (Å²) in [5.41, 5.74) is 7.23. The molecule has 0 saturated heterocycles. The number of rotatable bonds is 5. The lowest BCUT2D eigenvalue weighted by molar-refractivity contribution is -0.137. The first kappa shape index (κ1) is 22.7. The smallest absolute Gasteiger partial charge is 0.381 e. The van der Waals surface area contributed by atoms with E-state index in [0.717, 1.165) is 12.3 Å². The van der Waals surface area contributed by atoms with Crippen LogP contribution in [0.1, 0.15) is 39.6 Å². The van der Waals surface area contributed by atoms with Crippen LogP contribution in [0.15, 0.2) is 54.4 Å². The van der Waals surface area contributed by atoms with Gasteiger partial charge in [-0.1, -0.05) is 0 Å². The third kappa shape index (κ3) is 4.25. The van der Waals surface area contributed by atoms with Gasteiger partial charge in [0.05, 0.1) is 34.9 Å². The van der Waals surface area contributed by atoms with Crippen molar-refractivity contribution in [2.75, 3.05) is 5.73 Å². The lowest BCUT2D eigenvalue weighted by Crippen LogP contribution is -2.33. The Bertz CT molecular complexity index is 1520. The molecule has 4 aromatic heterocycles. The number of carbonyl (C=O) groups is 1. The number of nitrogens with two attached hydrogens (primary N) is 1. The summed E-state index contributed by atoms with van der Waals surface area (Å²) in [4.78, 5) is 27.8. The first-order valence-corrected chi connectivity index (χ1v) is 11.2. The minimum absolute atomic E-state index is 0.0161. The molecule has 0 aliphatic carbocycles. The number of fused-ring (bicyclic) bond motifs is 3. The number of alkyl halides is 3. The highest BCUT2D eigenvalue weighted by molar-refractivity contribution is 7.09. The van der Waals surface area contributed by atoms with Gasteiger partial charge in [-0.15, -0.1) is 21.5 Å². The number of aromatic nitrogens is 6. The standard InChI is InChI=1S/C22H17F3N8OS/c1-12(20-27-6-7-35-20)32(10-15-4-3-14(9-28-15)22(23,24)25)21(34)13-2-5-16-17(8-13)33-11-29-31-19(33)18(26)30-16/h2-9,11-12H,10H2,1H3,(H2,26,30)/t12-/m1/s1. The zero-order chi connectivity index (χ0) is 24.7. The van der Waals surface area contributed by atoms with Crippen LogP contribution in [0.2, 0.25) is 0 Å². The zero-order valence-electron chi connectivity index (χ0n) is 18.1. The van der Waals surface area contributed by atoms with Crippen LogP contribution in [0.25, 0.3) is 16.7 Å². The van der Waals surface area contributed by atoms with Crippen LogP contribution in [0.3, 0.4) is 0 Å². The maximum absolute atomic E-state index is 13.7. The van der Waals surface area contributed by atoms with Crippen molar-refractivity contribution < 1.29 is 18.0 Å². The molecule has 13 heteroatoms. The highest BCUT2D eigenvalue weighted by atomic mass is 32.1. The first-order chi connectivity index (χ1) is 16.7. The molecule has 0 fully saturated rings. The van der Waals surface area contributed by atoms with E-state index in [-0.39, 0.29) is 18.3 Å². The number of pyridine rings is 1. The molecular weight excluding hydrogens is 481 g/mol.